The first kappa shape index (κ1) is 13.6. The van der Waals surface area contributed by atoms with Crippen LogP contribution < -0.4 is 10.1 Å². The molecule has 1 heterocycles. The van der Waals surface area contributed by atoms with Crippen molar-refractivity contribution in [3.63, 3.8) is 0 Å². The van der Waals surface area contributed by atoms with Gasteiger partial charge in [-0.15, -0.1) is 0 Å². The first-order valence-electron chi connectivity index (χ1n) is 7.03. The summed E-state index contributed by atoms with van der Waals surface area (Å²) in [6.45, 7) is 2.87. The monoisotopic (exact) mass is 278 g/mol. The zero-order chi connectivity index (χ0) is 14.7. The molecule has 0 aliphatic carbocycles. The van der Waals surface area contributed by atoms with Crippen molar-refractivity contribution in [3.05, 3.63) is 65.9 Å². The van der Waals surface area contributed by atoms with Crippen LogP contribution in [0.1, 0.15) is 11.1 Å². The maximum atomic E-state index is 6.15. The third-order valence-corrected chi connectivity index (χ3v) is 3.41. The van der Waals surface area contributed by atoms with Gasteiger partial charge in [0.1, 0.15) is 11.5 Å². The SMILES string of the molecule is CNCc1cc(C)ccc1Oc1cccc2ncccc12. The number of rotatable bonds is 4. The van der Waals surface area contributed by atoms with Gasteiger partial charge in [0.15, 0.2) is 0 Å². The molecule has 1 N–H and O–H groups in total. The minimum Gasteiger partial charge on any atom is -0.456 e. The van der Waals surface area contributed by atoms with Crippen LogP contribution in [-0.2, 0) is 6.54 Å². The number of fused-ring (bicyclic) bond motifs is 1. The van der Waals surface area contributed by atoms with E-state index in [-0.39, 0.29) is 0 Å². The van der Waals surface area contributed by atoms with E-state index in [2.05, 4.69) is 29.4 Å². The van der Waals surface area contributed by atoms with Crippen LogP contribution in [0.5, 0.6) is 11.5 Å². The molecule has 21 heavy (non-hydrogen) atoms. The van der Waals surface area contributed by atoms with Crippen LogP contribution in [0.2, 0.25) is 0 Å². The molecule has 3 nitrogen and oxygen atoms in total. The second-order valence-electron chi connectivity index (χ2n) is 5.07. The quantitative estimate of drug-likeness (QED) is 0.781. The van der Waals surface area contributed by atoms with Gasteiger partial charge in [0.2, 0.25) is 0 Å². The molecule has 0 bridgehead atoms. The van der Waals surface area contributed by atoms with E-state index in [4.69, 9.17) is 4.74 Å². The summed E-state index contributed by atoms with van der Waals surface area (Å²) >= 11 is 0. The smallest absolute Gasteiger partial charge is 0.136 e. The van der Waals surface area contributed by atoms with E-state index in [1.54, 1.807) is 6.20 Å². The molecular formula is C18H18N2O. The second kappa shape index (κ2) is 5.94. The molecule has 0 amide bonds. The summed E-state index contributed by atoms with van der Waals surface area (Å²) in [6.07, 6.45) is 1.80. The maximum Gasteiger partial charge on any atom is 0.136 e. The van der Waals surface area contributed by atoms with E-state index < -0.39 is 0 Å². The summed E-state index contributed by atoms with van der Waals surface area (Å²) in [6, 6.07) is 16.1. The molecule has 0 aliphatic rings. The van der Waals surface area contributed by atoms with E-state index >= 15 is 0 Å². The van der Waals surface area contributed by atoms with Gasteiger partial charge >= 0.3 is 0 Å². The molecule has 0 atom stereocenters. The van der Waals surface area contributed by atoms with Crippen molar-refractivity contribution in [3.8, 4) is 11.5 Å². The summed E-state index contributed by atoms with van der Waals surface area (Å²) in [5, 5.41) is 4.21. The highest BCUT2D eigenvalue weighted by atomic mass is 16.5. The van der Waals surface area contributed by atoms with Crippen molar-refractivity contribution in [1.29, 1.82) is 0 Å². The highest BCUT2D eigenvalue weighted by Crippen LogP contribution is 2.31. The lowest BCUT2D eigenvalue weighted by atomic mass is 10.1. The van der Waals surface area contributed by atoms with Crippen LogP contribution in [0.3, 0.4) is 0 Å². The summed E-state index contributed by atoms with van der Waals surface area (Å²) in [7, 11) is 1.94. The number of hydrogen-bond donors (Lipinski definition) is 1. The van der Waals surface area contributed by atoms with Crippen LogP contribution in [-0.4, -0.2) is 12.0 Å². The number of pyridine rings is 1. The van der Waals surface area contributed by atoms with Crippen molar-refractivity contribution in [2.45, 2.75) is 13.5 Å². The molecule has 2 aromatic carbocycles. The third kappa shape index (κ3) is 2.88. The normalized spacial score (nSPS) is 10.8. The molecule has 3 rings (SSSR count). The molecule has 0 aliphatic heterocycles. The van der Waals surface area contributed by atoms with Gasteiger partial charge < -0.3 is 10.1 Å². The molecule has 0 fully saturated rings. The zero-order valence-corrected chi connectivity index (χ0v) is 12.3. The maximum absolute atomic E-state index is 6.15. The molecule has 0 spiro atoms. The van der Waals surface area contributed by atoms with E-state index in [1.807, 2.05) is 43.4 Å². The van der Waals surface area contributed by atoms with E-state index in [0.29, 0.717) is 0 Å². The highest BCUT2D eigenvalue weighted by Gasteiger charge is 2.08. The number of ether oxygens (including phenoxy) is 1. The van der Waals surface area contributed by atoms with E-state index in [9.17, 15) is 0 Å². The Morgan fingerprint density at radius 1 is 1.05 bits per heavy atom. The predicted molar refractivity (Wildman–Crippen MR) is 85.8 cm³/mol. The van der Waals surface area contributed by atoms with Gasteiger partial charge in [0.25, 0.3) is 0 Å². The van der Waals surface area contributed by atoms with Crippen molar-refractivity contribution in [1.82, 2.24) is 10.3 Å². The Labute approximate surface area is 124 Å². The first-order valence-corrected chi connectivity index (χ1v) is 7.03. The summed E-state index contributed by atoms with van der Waals surface area (Å²) < 4.78 is 6.15. The Bertz CT molecular complexity index is 763. The van der Waals surface area contributed by atoms with Crippen molar-refractivity contribution in [2.75, 3.05) is 7.05 Å². The Morgan fingerprint density at radius 3 is 2.81 bits per heavy atom. The summed E-state index contributed by atoms with van der Waals surface area (Å²) in [5.41, 5.74) is 3.32. The van der Waals surface area contributed by atoms with E-state index in [1.165, 1.54) is 5.56 Å². The van der Waals surface area contributed by atoms with Crippen LogP contribution in [0.25, 0.3) is 10.9 Å². The third-order valence-electron chi connectivity index (χ3n) is 3.41. The second-order valence-corrected chi connectivity index (χ2v) is 5.07. The van der Waals surface area contributed by atoms with Gasteiger partial charge in [-0.05, 0) is 44.3 Å². The first-order chi connectivity index (χ1) is 10.3. The average Bonchev–Trinajstić information content (AvgIpc) is 2.50. The average molecular weight is 278 g/mol. The van der Waals surface area contributed by atoms with Gasteiger partial charge in [0.05, 0.1) is 5.52 Å². The summed E-state index contributed by atoms with van der Waals surface area (Å²) in [5.74, 6) is 1.72. The number of aromatic nitrogens is 1. The van der Waals surface area contributed by atoms with Gasteiger partial charge in [-0.25, -0.2) is 0 Å². The van der Waals surface area contributed by atoms with Gasteiger partial charge in [-0.2, -0.15) is 0 Å². The summed E-state index contributed by atoms with van der Waals surface area (Å²) in [4.78, 5) is 4.36. The molecule has 1 aromatic heterocycles. The largest absolute Gasteiger partial charge is 0.456 e. The molecule has 0 saturated carbocycles. The van der Waals surface area contributed by atoms with Gasteiger partial charge in [0, 0.05) is 23.7 Å². The van der Waals surface area contributed by atoms with Gasteiger partial charge in [-0.3, -0.25) is 4.98 Å². The Balaban J connectivity index is 2.02. The fraction of sp³-hybridized carbons (Fsp3) is 0.167. The molecule has 0 unspecified atom stereocenters. The molecule has 106 valence electrons. The molecular weight excluding hydrogens is 260 g/mol. The number of nitrogens with one attached hydrogen (secondary N) is 1. The number of aryl methyl sites for hydroxylation is 1. The number of hydrogen-bond acceptors (Lipinski definition) is 3. The van der Waals surface area contributed by atoms with Crippen LogP contribution in [0.4, 0.5) is 0 Å². The minimum atomic E-state index is 0.778. The van der Waals surface area contributed by atoms with Crippen molar-refractivity contribution < 1.29 is 4.74 Å². The number of nitrogens with zero attached hydrogens (tertiary/aromatic N) is 1. The molecule has 0 radical (unpaired) electrons. The molecule has 0 saturated heterocycles. The number of benzene rings is 2. The Hall–Kier alpha value is -2.39. The van der Waals surface area contributed by atoms with Crippen molar-refractivity contribution in [2.24, 2.45) is 0 Å². The lowest BCUT2D eigenvalue weighted by molar-refractivity contribution is 0.479. The van der Waals surface area contributed by atoms with Crippen LogP contribution >= 0.6 is 0 Å². The zero-order valence-electron chi connectivity index (χ0n) is 12.3. The van der Waals surface area contributed by atoms with Crippen LogP contribution in [0, 0.1) is 6.92 Å². The van der Waals surface area contributed by atoms with Gasteiger partial charge in [-0.1, -0.05) is 23.8 Å². The van der Waals surface area contributed by atoms with E-state index in [0.717, 1.165) is 34.5 Å². The molecule has 3 aromatic rings. The minimum absolute atomic E-state index is 0.778. The Morgan fingerprint density at radius 2 is 1.95 bits per heavy atom. The Kier molecular flexibility index (Phi) is 3.84. The molecule has 3 heteroatoms. The highest BCUT2D eigenvalue weighted by molar-refractivity contribution is 5.85. The van der Waals surface area contributed by atoms with Crippen molar-refractivity contribution >= 4 is 10.9 Å². The fourth-order valence-corrected chi connectivity index (χ4v) is 2.42. The topological polar surface area (TPSA) is 34.1 Å². The lowest BCUT2D eigenvalue weighted by Gasteiger charge is -2.13. The standard InChI is InChI=1S/C18H18N2O/c1-13-8-9-17(14(11-13)12-19-2)21-18-7-3-6-16-15(18)5-4-10-20-16/h3-11,19H,12H2,1-2H3. The fourth-order valence-electron chi connectivity index (χ4n) is 2.42. The predicted octanol–water partition coefficient (Wildman–Crippen LogP) is 4.05. The lowest BCUT2D eigenvalue weighted by Crippen LogP contribution is -2.06. The van der Waals surface area contributed by atoms with Crippen LogP contribution in [0.15, 0.2) is 54.7 Å².